The minimum absolute atomic E-state index is 0.245. The third kappa shape index (κ3) is 4.12. The number of carbonyl (C=O) groups excluding carboxylic acids is 1. The highest BCUT2D eigenvalue weighted by molar-refractivity contribution is 6.30. The number of para-hydroxylation sites is 1. The fourth-order valence-electron chi connectivity index (χ4n) is 4.73. The maximum atomic E-state index is 13.5. The molecule has 7 nitrogen and oxygen atoms in total. The van der Waals surface area contributed by atoms with Crippen LogP contribution in [0.5, 0.6) is 11.5 Å². The van der Waals surface area contributed by atoms with Crippen molar-refractivity contribution >= 4 is 34.1 Å². The van der Waals surface area contributed by atoms with Crippen molar-refractivity contribution in [1.29, 1.82) is 0 Å². The van der Waals surface area contributed by atoms with E-state index in [4.69, 9.17) is 21.1 Å². The second-order valence-electron chi connectivity index (χ2n) is 8.49. The van der Waals surface area contributed by atoms with Gasteiger partial charge in [-0.15, -0.1) is 0 Å². The van der Waals surface area contributed by atoms with Gasteiger partial charge < -0.3 is 14.5 Å². The molecule has 0 fully saturated rings. The lowest BCUT2D eigenvalue weighted by Gasteiger charge is -2.23. The van der Waals surface area contributed by atoms with Crippen LogP contribution in [0.4, 0.5) is 0 Å². The molecule has 2 heterocycles. The predicted molar refractivity (Wildman–Crippen MR) is 141 cm³/mol. The zero-order valence-electron chi connectivity index (χ0n) is 20.0. The number of rotatable bonds is 5. The molecule has 0 aliphatic carbocycles. The van der Waals surface area contributed by atoms with Gasteiger partial charge in [-0.25, -0.2) is 5.01 Å². The van der Waals surface area contributed by atoms with Gasteiger partial charge in [0, 0.05) is 40.4 Å². The molecule has 1 aliphatic rings. The van der Waals surface area contributed by atoms with E-state index in [0.29, 0.717) is 39.7 Å². The van der Waals surface area contributed by atoms with E-state index in [2.05, 4.69) is 10.1 Å². The third-order valence-corrected chi connectivity index (χ3v) is 6.62. The second-order valence-corrected chi connectivity index (χ2v) is 8.93. The van der Waals surface area contributed by atoms with Crippen LogP contribution >= 0.6 is 11.6 Å². The van der Waals surface area contributed by atoms with Crippen LogP contribution in [-0.2, 0) is 4.79 Å². The van der Waals surface area contributed by atoms with Crippen molar-refractivity contribution in [2.75, 3.05) is 14.2 Å². The van der Waals surface area contributed by atoms with E-state index in [-0.39, 0.29) is 11.5 Å². The molecule has 1 aliphatic heterocycles. The Bertz CT molecular complexity index is 1560. The number of methoxy groups -OCH3 is 2. The van der Waals surface area contributed by atoms with Crippen molar-refractivity contribution in [3.8, 4) is 22.6 Å². The van der Waals surface area contributed by atoms with Gasteiger partial charge in [0.2, 0.25) is 5.91 Å². The van der Waals surface area contributed by atoms with Crippen LogP contribution in [0.25, 0.3) is 22.0 Å². The Morgan fingerprint density at radius 1 is 1.03 bits per heavy atom. The van der Waals surface area contributed by atoms with Gasteiger partial charge in [-0.3, -0.25) is 9.59 Å². The zero-order chi connectivity index (χ0) is 25.4. The molecule has 0 spiro atoms. The number of pyridine rings is 1. The first kappa shape index (κ1) is 23.6. The molecular formula is C28H24ClN3O4. The topological polar surface area (TPSA) is 84.0 Å². The largest absolute Gasteiger partial charge is 0.497 e. The number of amides is 1. The van der Waals surface area contributed by atoms with E-state index in [0.717, 1.165) is 22.1 Å². The fraction of sp³-hybridized carbons (Fsp3) is 0.179. The Morgan fingerprint density at radius 3 is 2.47 bits per heavy atom. The average molecular weight is 502 g/mol. The Hall–Kier alpha value is -4.10. The summed E-state index contributed by atoms with van der Waals surface area (Å²) in [4.78, 5) is 29.2. The number of benzene rings is 3. The Balaban J connectivity index is 1.72. The van der Waals surface area contributed by atoms with Gasteiger partial charge in [0.25, 0.3) is 5.56 Å². The highest BCUT2D eigenvalue weighted by atomic mass is 35.5. The molecule has 0 bridgehead atoms. The van der Waals surface area contributed by atoms with Crippen molar-refractivity contribution < 1.29 is 14.3 Å². The number of nitrogens with zero attached hydrogens (tertiary/aromatic N) is 2. The first-order valence-electron chi connectivity index (χ1n) is 11.4. The predicted octanol–water partition coefficient (Wildman–Crippen LogP) is 5.56. The number of nitrogens with one attached hydrogen (secondary N) is 1. The van der Waals surface area contributed by atoms with Crippen LogP contribution in [0.2, 0.25) is 5.02 Å². The Kier molecular flexibility index (Phi) is 6.24. The van der Waals surface area contributed by atoms with E-state index < -0.39 is 6.04 Å². The minimum atomic E-state index is -0.466. The number of hydrazone groups is 1. The normalized spacial score (nSPS) is 15.2. The van der Waals surface area contributed by atoms with Crippen molar-refractivity contribution in [2.24, 2.45) is 5.10 Å². The van der Waals surface area contributed by atoms with Crippen molar-refractivity contribution in [3.63, 3.8) is 0 Å². The molecule has 3 aromatic carbocycles. The molecule has 1 amide bonds. The number of aromatic nitrogens is 1. The summed E-state index contributed by atoms with van der Waals surface area (Å²) in [6.07, 6.45) is 0.325. The molecule has 1 aromatic heterocycles. The van der Waals surface area contributed by atoms with Crippen LogP contribution in [0.1, 0.15) is 30.5 Å². The SMILES string of the molecule is COc1ccc(OC)c(C2CC(c3c(-c4ccc(Cl)cc4)c4ccccc4[nH]c3=O)=NN2C(C)=O)c1. The summed E-state index contributed by atoms with van der Waals surface area (Å²) < 4.78 is 11.0. The van der Waals surface area contributed by atoms with E-state index in [1.165, 1.54) is 11.9 Å². The molecule has 1 N–H and O–H groups in total. The number of H-pyrrole nitrogens is 1. The van der Waals surface area contributed by atoms with E-state index in [1.54, 1.807) is 38.5 Å². The molecule has 36 heavy (non-hydrogen) atoms. The quantitative estimate of drug-likeness (QED) is 0.388. The first-order valence-corrected chi connectivity index (χ1v) is 11.8. The van der Waals surface area contributed by atoms with Gasteiger partial charge in [-0.1, -0.05) is 41.9 Å². The lowest BCUT2D eigenvalue weighted by atomic mass is 9.91. The molecule has 1 unspecified atom stereocenters. The maximum absolute atomic E-state index is 13.5. The number of fused-ring (bicyclic) bond motifs is 1. The highest BCUT2D eigenvalue weighted by Gasteiger charge is 2.35. The van der Waals surface area contributed by atoms with Crippen LogP contribution in [-0.4, -0.2) is 35.8 Å². The summed E-state index contributed by atoms with van der Waals surface area (Å²) in [7, 11) is 3.16. The molecule has 0 saturated heterocycles. The summed E-state index contributed by atoms with van der Waals surface area (Å²) in [6, 6.07) is 19.9. The molecule has 182 valence electrons. The van der Waals surface area contributed by atoms with Crippen LogP contribution in [0.15, 0.2) is 76.6 Å². The maximum Gasteiger partial charge on any atom is 0.258 e. The monoisotopic (exact) mass is 501 g/mol. The van der Waals surface area contributed by atoms with E-state index >= 15 is 0 Å². The van der Waals surface area contributed by atoms with Crippen LogP contribution in [0, 0.1) is 0 Å². The third-order valence-electron chi connectivity index (χ3n) is 6.37. The first-order chi connectivity index (χ1) is 17.4. The minimum Gasteiger partial charge on any atom is -0.497 e. The Morgan fingerprint density at radius 2 is 1.78 bits per heavy atom. The molecule has 1 atom stereocenters. The Labute approximate surface area is 212 Å². The number of hydrogen-bond donors (Lipinski definition) is 1. The van der Waals surface area contributed by atoms with Crippen molar-refractivity contribution in [2.45, 2.75) is 19.4 Å². The molecular weight excluding hydrogens is 478 g/mol. The number of hydrogen-bond acceptors (Lipinski definition) is 5. The van der Waals surface area contributed by atoms with Gasteiger partial charge in [-0.05, 0) is 42.0 Å². The summed E-state index contributed by atoms with van der Waals surface area (Å²) in [5, 5.41) is 7.55. The summed E-state index contributed by atoms with van der Waals surface area (Å²) in [5.41, 5.74) is 3.69. The lowest BCUT2D eigenvalue weighted by molar-refractivity contribution is -0.130. The van der Waals surface area contributed by atoms with E-state index in [1.807, 2.05) is 42.5 Å². The van der Waals surface area contributed by atoms with Gasteiger partial charge in [-0.2, -0.15) is 5.10 Å². The van der Waals surface area contributed by atoms with Gasteiger partial charge in [0.1, 0.15) is 11.5 Å². The number of halogens is 1. The van der Waals surface area contributed by atoms with Gasteiger partial charge in [0.15, 0.2) is 0 Å². The van der Waals surface area contributed by atoms with Crippen LogP contribution < -0.4 is 15.0 Å². The lowest BCUT2D eigenvalue weighted by Crippen LogP contribution is -2.24. The molecule has 4 aromatic rings. The second kappa shape index (κ2) is 9.51. The van der Waals surface area contributed by atoms with Gasteiger partial charge in [0.05, 0.1) is 31.5 Å². The fourth-order valence-corrected chi connectivity index (χ4v) is 4.85. The molecule has 8 heteroatoms. The van der Waals surface area contributed by atoms with Crippen molar-refractivity contribution in [1.82, 2.24) is 9.99 Å². The van der Waals surface area contributed by atoms with E-state index in [9.17, 15) is 9.59 Å². The smallest absolute Gasteiger partial charge is 0.258 e. The molecule has 0 radical (unpaired) electrons. The standard InChI is InChI=1S/C28H24ClN3O4/c1-16(33)32-24(21-14-19(35-2)12-13-25(21)36-3)15-23(31-32)27-26(17-8-10-18(29)11-9-17)20-6-4-5-7-22(20)30-28(27)34/h4-14,24H,15H2,1-3H3,(H,30,34). The molecule has 0 saturated carbocycles. The zero-order valence-corrected chi connectivity index (χ0v) is 20.8. The summed E-state index contributed by atoms with van der Waals surface area (Å²) in [6.45, 7) is 1.46. The summed E-state index contributed by atoms with van der Waals surface area (Å²) >= 11 is 6.15. The highest BCUT2D eigenvalue weighted by Crippen LogP contribution is 2.41. The average Bonchev–Trinajstić information content (AvgIpc) is 3.33. The van der Waals surface area contributed by atoms with Crippen LogP contribution in [0.3, 0.4) is 0 Å². The molecule has 5 rings (SSSR count). The summed E-state index contributed by atoms with van der Waals surface area (Å²) in [5.74, 6) is 0.993. The number of ether oxygens (including phenoxy) is 2. The van der Waals surface area contributed by atoms with Gasteiger partial charge >= 0.3 is 0 Å². The number of carbonyl (C=O) groups is 1. The number of aromatic amines is 1. The van der Waals surface area contributed by atoms with Crippen molar-refractivity contribution in [3.05, 3.63) is 93.2 Å².